The van der Waals surface area contributed by atoms with E-state index in [-0.39, 0.29) is 11.5 Å². The van der Waals surface area contributed by atoms with Crippen molar-refractivity contribution in [2.75, 3.05) is 7.11 Å². The van der Waals surface area contributed by atoms with Gasteiger partial charge in [-0.1, -0.05) is 0 Å². The lowest BCUT2D eigenvalue weighted by molar-refractivity contribution is 0.0697. The standard InChI is InChI=1S/C9H8N2O3S2/c1-14-4-5-6(9(12)13)16-8(11-5)7-10-2-3-15-7/h2-3H,4H2,1H3,(H,12,13). The van der Waals surface area contributed by atoms with E-state index in [1.165, 1.54) is 18.4 Å². The van der Waals surface area contributed by atoms with Crippen LogP contribution in [0.25, 0.3) is 10.0 Å². The van der Waals surface area contributed by atoms with Crippen molar-refractivity contribution in [2.24, 2.45) is 0 Å². The van der Waals surface area contributed by atoms with E-state index in [1.54, 1.807) is 6.20 Å². The maximum Gasteiger partial charge on any atom is 0.347 e. The lowest BCUT2D eigenvalue weighted by atomic mass is 10.4. The Hall–Kier alpha value is -1.31. The third-order valence-electron chi connectivity index (χ3n) is 1.79. The molecule has 5 nitrogen and oxygen atoms in total. The highest BCUT2D eigenvalue weighted by molar-refractivity contribution is 7.21. The largest absolute Gasteiger partial charge is 0.477 e. The van der Waals surface area contributed by atoms with Crippen LogP contribution in [0, 0.1) is 0 Å². The lowest BCUT2D eigenvalue weighted by Crippen LogP contribution is -1.99. The summed E-state index contributed by atoms with van der Waals surface area (Å²) in [7, 11) is 1.51. The Balaban J connectivity index is 2.42. The summed E-state index contributed by atoms with van der Waals surface area (Å²) >= 11 is 2.55. The highest BCUT2D eigenvalue weighted by Gasteiger charge is 2.18. The molecule has 0 aliphatic carbocycles. The smallest absolute Gasteiger partial charge is 0.347 e. The minimum Gasteiger partial charge on any atom is -0.477 e. The molecule has 1 N–H and O–H groups in total. The van der Waals surface area contributed by atoms with Gasteiger partial charge >= 0.3 is 5.97 Å². The number of carboxylic acids is 1. The molecule has 0 saturated carbocycles. The first-order valence-electron chi connectivity index (χ1n) is 4.34. The average Bonchev–Trinajstić information content (AvgIpc) is 2.83. The number of aromatic carboxylic acids is 1. The van der Waals surface area contributed by atoms with Gasteiger partial charge in [-0.2, -0.15) is 0 Å². The molecule has 0 bridgehead atoms. The zero-order valence-corrected chi connectivity index (χ0v) is 9.97. The molecule has 2 aromatic rings. The molecule has 2 rings (SSSR count). The number of carboxylic acid groups (broad SMARTS) is 1. The fraction of sp³-hybridized carbons (Fsp3) is 0.222. The predicted octanol–water partition coefficient (Wildman–Crippen LogP) is 2.11. The molecule has 16 heavy (non-hydrogen) atoms. The topological polar surface area (TPSA) is 72.3 Å². The molecule has 0 atom stereocenters. The summed E-state index contributed by atoms with van der Waals surface area (Å²) in [4.78, 5) is 19.5. The van der Waals surface area contributed by atoms with Crippen molar-refractivity contribution in [1.82, 2.24) is 9.97 Å². The van der Waals surface area contributed by atoms with E-state index in [2.05, 4.69) is 9.97 Å². The Kier molecular flexibility index (Phi) is 3.28. The Morgan fingerprint density at radius 2 is 2.38 bits per heavy atom. The highest BCUT2D eigenvalue weighted by atomic mass is 32.1. The van der Waals surface area contributed by atoms with E-state index in [1.807, 2.05) is 5.38 Å². The zero-order chi connectivity index (χ0) is 11.5. The van der Waals surface area contributed by atoms with E-state index in [0.717, 1.165) is 16.3 Å². The van der Waals surface area contributed by atoms with E-state index >= 15 is 0 Å². The van der Waals surface area contributed by atoms with Crippen molar-refractivity contribution in [3.05, 3.63) is 22.1 Å². The number of aromatic nitrogens is 2. The molecule has 0 aromatic carbocycles. The molecule has 0 spiro atoms. The number of nitrogens with zero attached hydrogens (tertiary/aromatic N) is 2. The van der Waals surface area contributed by atoms with Crippen LogP contribution < -0.4 is 0 Å². The van der Waals surface area contributed by atoms with Crippen molar-refractivity contribution in [3.8, 4) is 10.0 Å². The van der Waals surface area contributed by atoms with Crippen LogP contribution in [0.1, 0.15) is 15.4 Å². The molecule has 2 heterocycles. The monoisotopic (exact) mass is 256 g/mol. The molecule has 0 radical (unpaired) electrons. The van der Waals surface area contributed by atoms with Gasteiger partial charge in [0.05, 0.1) is 12.3 Å². The first kappa shape index (κ1) is 11.2. The van der Waals surface area contributed by atoms with Crippen molar-refractivity contribution in [2.45, 2.75) is 6.61 Å². The molecule has 0 unspecified atom stereocenters. The second-order valence-electron chi connectivity index (χ2n) is 2.87. The second-order valence-corrected chi connectivity index (χ2v) is 4.76. The molecule has 0 saturated heterocycles. The molecule has 84 valence electrons. The number of hydrogen-bond donors (Lipinski definition) is 1. The second kappa shape index (κ2) is 4.69. The van der Waals surface area contributed by atoms with Crippen LogP contribution in [0.15, 0.2) is 11.6 Å². The van der Waals surface area contributed by atoms with E-state index < -0.39 is 5.97 Å². The average molecular weight is 256 g/mol. The van der Waals surface area contributed by atoms with E-state index in [4.69, 9.17) is 9.84 Å². The summed E-state index contributed by atoms with van der Waals surface area (Å²) in [6.45, 7) is 0.198. The van der Waals surface area contributed by atoms with Crippen molar-refractivity contribution in [1.29, 1.82) is 0 Å². The number of rotatable bonds is 4. The molecule has 0 amide bonds. The third kappa shape index (κ3) is 2.11. The summed E-state index contributed by atoms with van der Waals surface area (Å²) in [6, 6.07) is 0. The first-order valence-corrected chi connectivity index (χ1v) is 6.03. The van der Waals surface area contributed by atoms with Gasteiger partial charge < -0.3 is 9.84 Å². The van der Waals surface area contributed by atoms with Gasteiger partial charge in [0.25, 0.3) is 0 Å². The highest BCUT2D eigenvalue weighted by Crippen LogP contribution is 2.29. The minimum atomic E-state index is -0.979. The lowest BCUT2D eigenvalue weighted by Gasteiger charge is -1.94. The normalized spacial score (nSPS) is 10.6. The summed E-state index contributed by atoms with van der Waals surface area (Å²) in [5.41, 5.74) is 0.449. The van der Waals surface area contributed by atoms with Gasteiger partial charge in [0, 0.05) is 18.7 Å². The first-order chi connectivity index (χ1) is 7.72. The SMILES string of the molecule is COCc1nc(-c2nccs2)sc1C(=O)O. The Morgan fingerprint density at radius 1 is 1.56 bits per heavy atom. The summed E-state index contributed by atoms with van der Waals surface area (Å²) < 4.78 is 4.91. The summed E-state index contributed by atoms with van der Waals surface area (Å²) in [6.07, 6.45) is 1.66. The van der Waals surface area contributed by atoms with Gasteiger partial charge in [-0.3, -0.25) is 0 Å². The van der Waals surface area contributed by atoms with E-state index in [9.17, 15) is 4.79 Å². The molecule has 0 fully saturated rings. The van der Waals surface area contributed by atoms with Crippen LogP contribution in [0.5, 0.6) is 0 Å². The van der Waals surface area contributed by atoms with Gasteiger partial charge in [0.15, 0.2) is 10.0 Å². The molecule has 7 heteroatoms. The number of thiazole rings is 2. The fourth-order valence-corrected chi connectivity index (χ4v) is 2.76. The minimum absolute atomic E-state index is 0.198. The third-order valence-corrected chi connectivity index (χ3v) is 3.79. The maximum atomic E-state index is 11.0. The number of hydrogen-bond acceptors (Lipinski definition) is 6. The van der Waals surface area contributed by atoms with Crippen molar-refractivity contribution in [3.63, 3.8) is 0 Å². The number of methoxy groups -OCH3 is 1. The summed E-state index contributed by atoms with van der Waals surface area (Å²) in [5.74, 6) is -0.979. The zero-order valence-electron chi connectivity index (χ0n) is 8.34. The predicted molar refractivity (Wildman–Crippen MR) is 60.9 cm³/mol. The van der Waals surface area contributed by atoms with Gasteiger partial charge in [-0.25, -0.2) is 14.8 Å². The van der Waals surface area contributed by atoms with Crippen LogP contribution in [0.2, 0.25) is 0 Å². The van der Waals surface area contributed by atoms with Gasteiger partial charge in [0.2, 0.25) is 0 Å². The maximum absolute atomic E-state index is 11.0. The molecular formula is C9H8N2O3S2. The van der Waals surface area contributed by atoms with Crippen molar-refractivity contribution < 1.29 is 14.6 Å². The molecule has 0 aliphatic rings. The Morgan fingerprint density at radius 3 is 2.94 bits per heavy atom. The number of carbonyl (C=O) groups is 1. The van der Waals surface area contributed by atoms with Crippen LogP contribution >= 0.6 is 22.7 Å². The Bertz CT molecular complexity index is 493. The summed E-state index contributed by atoms with van der Waals surface area (Å²) in [5, 5.41) is 12.2. The Labute approximate surface area is 99.4 Å². The fourth-order valence-electron chi connectivity index (χ4n) is 1.17. The van der Waals surface area contributed by atoms with Gasteiger partial charge in [-0.15, -0.1) is 22.7 Å². The van der Waals surface area contributed by atoms with Crippen LogP contribution in [0.3, 0.4) is 0 Å². The quantitative estimate of drug-likeness (QED) is 0.907. The van der Waals surface area contributed by atoms with Crippen LogP contribution in [-0.4, -0.2) is 28.2 Å². The van der Waals surface area contributed by atoms with Gasteiger partial charge in [-0.05, 0) is 0 Å². The van der Waals surface area contributed by atoms with E-state index in [0.29, 0.717) is 10.7 Å². The van der Waals surface area contributed by atoms with Gasteiger partial charge in [0.1, 0.15) is 4.88 Å². The number of ether oxygens (including phenoxy) is 1. The molecule has 2 aromatic heterocycles. The van der Waals surface area contributed by atoms with Crippen LogP contribution in [-0.2, 0) is 11.3 Å². The molecule has 0 aliphatic heterocycles. The van der Waals surface area contributed by atoms with Crippen LogP contribution in [0.4, 0.5) is 0 Å². The van der Waals surface area contributed by atoms with Crippen molar-refractivity contribution >= 4 is 28.6 Å². The molecular weight excluding hydrogens is 248 g/mol.